The molecule has 2 amide bonds. The van der Waals surface area contributed by atoms with Gasteiger partial charge in [-0.05, 0) is 97.8 Å². The second kappa shape index (κ2) is 22.1. The topological polar surface area (TPSA) is 187 Å². The molecule has 3 N–H and O–H groups in total. The van der Waals surface area contributed by atoms with Crippen molar-refractivity contribution in [3.05, 3.63) is 124 Å². The largest absolute Gasteiger partial charge is 0.493 e. The lowest BCUT2D eigenvalue weighted by atomic mass is 10.0. The smallest absolute Gasteiger partial charge is 0.288 e. The number of amides is 2. The average molecular weight is 1040 g/mol. The molecule has 4 aliphatic rings. The maximum absolute atomic E-state index is 14.4. The minimum absolute atomic E-state index is 0.00995. The number of benzene rings is 5. The van der Waals surface area contributed by atoms with Gasteiger partial charge in [0.05, 0.1) is 75.8 Å². The van der Waals surface area contributed by atoms with Crippen molar-refractivity contribution >= 4 is 63.0 Å². The summed E-state index contributed by atoms with van der Waals surface area (Å²) >= 11 is 4.93. The number of para-hydroxylation sites is 2. The lowest BCUT2D eigenvalue weighted by molar-refractivity contribution is 0.0264. The van der Waals surface area contributed by atoms with Crippen LogP contribution in [-0.2, 0) is 50.4 Å². The summed E-state index contributed by atoms with van der Waals surface area (Å²) in [6.07, 6.45) is 1.80. The van der Waals surface area contributed by atoms with E-state index in [-0.39, 0.29) is 54.3 Å². The third-order valence-corrected chi connectivity index (χ3v) is 14.6. The third kappa shape index (κ3) is 11.5. The number of hydrogen-bond donors (Lipinski definition) is 4. The molecule has 0 radical (unpaired) electrons. The van der Waals surface area contributed by atoms with Crippen LogP contribution in [0.25, 0.3) is 0 Å². The Bertz CT molecular complexity index is 2950. The fourth-order valence-electron chi connectivity index (χ4n) is 10.1. The second-order valence-electron chi connectivity index (χ2n) is 19.2. The van der Waals surface area contributed by atoms with Crippen molar-refractivity contribution in [3.8, 4) is 23.0 Å². The summed E-state index contributed by atoms with van der Waals surface area (Å²) in [4.78, 5) is 34.2. The van der Waals surface area contributed by atoms with Crippen LogP contribution in [0, 0.1) is 0 Å². The zero-order valence-electron chi connectivity index (χ0n) is 41.7. The Balaban J connectivity index is 1.01. The van der Waals surface area contributed by atoms with Gasteiger partial charge < -0.3 is 58.5 Å². The van der Waals surface area contributed by atoms with Crippen LogP contribution in [0.2, 0.25) is 0 Å². The van der Waals surface area contributed by atoms with Crippen LogP contribution in [0.5, 0.6) is 23.0 Å². The van der Waals surface area contributed by atoms with Gasteiger partial charge in [-0.2, -0.15) is 21.0 Å². The summed E-state index contributed by atoms with van der Waals surface area (Å²) in [5, 5.41) is 4.94. The van der Waals surface area contributed by atoms with Crippen molar-refractivity contribution in [2.24, 2.45) is 0 Å². The monoisotopic (exact) mass is 1040 g/mol. The molecule has 0 spiro atoms. The van der Waals surface area contributed by atoms with E-state index in [1.807, 2.05) is 73.3 Å². The van der Waals surface area contributed by atoms with Crippen LogP contribution < -0.4 is 44.3 Å². The van der Waals surface area contributed by atoms with Crippen molar-refractivity contribution in [2.75, 3.05) is 99.3 Å². The van der Waals surface area contributed by atoms with Crippen molar-refractivity contribution in [3.63, 3.8) is 0 Å². The molecule has 0 saturated carbocycles. The van der Waals surface area contributed by atoms with Crippen LogP contribution in [0.15, 0.2) is 91.0 Å². The van der Waals surface area contributed by atoms with Gasteiger partial charge in [0.2, 0.25) is 0 Å². The van der Waals surface area contributed by atoms with Crippen LogP contribution in [-0.4, -0.2) is 121 Å². The Kier molecular flexibility index (Phi) is 15.6. The van der Waals surface area contributed by atoms with Crippen molar-refractivity contribution < 1.29 is 55.7 Å². The van der Waals surface area contributed by atoms with E-state index in [2.05, 4.69) is 21.6 Å². The fraction of sp³-hybridized carbons (Fsp3) is 0.407. The van der Waals surface area contributed by atoms with Crippen LogP contribution >= 0.6 is 12.6 Å². The van der Waals surface area contributed by atoms with E-state index in [1.165, 1.54) is 24.1 Å². The summed E-state index contributed by atoms with van der Waals surface area (Å²) < 4.78 is 77.7. The molecule has 0 aromatic heterocycles. The van der Waals surface area contributed by atoms with E-state index in [9.17, 15) is 22.6 Å². The molecule has 0 aliphatic carbocycles. The highest BCUT2D eigenvalue weighted by molar-refractivity contribution is 7.86. The second-order valence-corrected chi connectivity index (χ2v) is 21.9. The number of hydrogen-bond acceptors (Lipinski definition) is 15. The number of ether oxygens (including phenoxy) is 7. The lowest BCUT2D eigenvalue weighted by Crippen LogP contribution is -2.49. The zero-order valence-corrected chi connectivity index (χ0v) is 43.4. The van der Waals surface area contributed by atoms with E-state index in [0.717, 1.165) is 46.5 Å². The van der Waals surface area contributed by atoms with Gasteiger partial charge in [0.25, 0.3) is 21.9 Å². The number of carbonyl (C=O) groups is 2. The van der Waals surface area contributed by atoms with Gasteiger partial charge in [-0.3, -0.25) is 14.1 Å². The van der Waals surface area contributed by atoms with E-state index in [0.29, 0.717) is 81.1 Å². The van der Waals surface area contributed by atoms with E-state index in [1.54, 1.807) is 32.4 Å². The van der Waals surface area contributed by atoms with Crippen molar-refractivity contribution in [1.29, 1.82) is 0 Å². The number of fused-ring (bicyclic) bond motifs is 8. The standard InChI is InChI=1S/C54H63N5O12S2/c1-54(2,72)33-57(16-17-68-20-21-69-19-18-65-3)39-23-34(31-70-49-29-42-40(27-47(49)66-4)52(60)58-38(14-15-55-42)25-36-10-6-8-12-44(36)58)22-35(24-39)32-71-50-30-43-41(28-48(50)67-5)53(61)59-45-13-9-7-11-37(45)26-46(59)51(56-43)73(62,63)64/h6-13,22-24,27-30,38,46,51,55-56,72H,14-21,25-26,31-33H2,1-5H3,(H,62,63,64). The summed E-state index contributed by atoms with van der Waals surface area (Å²) in [6, 6.07) is 27.1. The normalized spacial score (nSPS) is 17.9. The van der Waals surface area contributed by atoms with Gasteiger partial charge in [-0.1, -0.05) is 36.4 Å². The maximum atomic E-state index is 14.4. The van der Waals surface area contributed by atoms with E-state index >= 15 is 0 Å². The number of thiol groups is 1. The molecule has 73 heavy (non-hydrogen) atoms. The number of nitrogens with one attached hydrogen (secondary N) is 2. The molecule has 0 bridgehead atoms. The lowest BCUT2D eigenvalue weighted by Gasteiger charge is -2.32. The SMILES string of the molecule is COCCOCCOCCN(CC(C)(C)S)c1cc(COc2cc3c(cc2OC)C(=O)N2c4ccccc4CC2CCN3)cc(COc2cc3c(cc2OC)C(=O)N2c4ccccc4CC2C(S(=O)(=O)O)N3)c1. The summed E-state index contributed by atoms with van der Waals surface area (Å²) in [6.45, 7) is 8.12. The highest BCUT2D eigenvalue weighted by Crippen LogP contribution is 2.44. The Morgan fingerprint density at radius 2 is 1.27 bits per heavy atom. The van der Waals surface area contributed by atoms with Gasteiger partial charge in [-0.15, -0.1) is 0 Å². The predicted molar refractivity (Wildman–Crippen MR) is 283 cm³/mol. The van der Waals surface area contributed by atoms with Crippen molar-refractivity contribution in [2.45, 2.75) is 68.5 Å². The van der Waals surface area contributed by atoms with Gasteiger partial charge in [0, 0.05) is 66.7 Å². The van der Waals surface area contributed by atoms with Crippen LogP contribution in [0.1, 0.15) is 63.2 Å². The molecule has 3 unspecified atom stereocenters. The molecular formula is C54H63N5O12S2. The number of rotatable bonds is 21. The molecule has 9 rings (SSSR count). The quantitative estimate of drug-likeness (QED) is 0.0319. The average Bonchev–Trinajstić information content (AvgIpc) is 3.90. The number of methoxy groups -OCH3 is 3. The Morgan fingerprint density at radius 3 is 1.89 bits per heavy atom. The van der Waals surface area contributed by atoms with Gasteiger partial charge >= 0.3 is 0 Å². The van der Waals surface area contributed by atoms with Crippen molar-refractivity contribution in [1.82, 2.24) is 0 Å². The molecule has 5 aromatic rings. The van der Waals surface area contributed by atoms with E-state index < -0.39 is 32.2 Å². The highest BCUT2D eigenvalue weighted by atomic mass is 32.2. The molecule has 4 heterocycles. The molecule has 388 valence electrons. The first kappa shape index (κ1) is 51.7. The number of carbonyl (C=O) groups excluding carboxylic acids is 2. The molecule has 4 aliphatic heterocycles. The zero-order chi connectivity index (χ0) is 51.4. The first-order chi connectivity index (χ1) is 35.1. The van der Waals surface area contributed by atoms with Gasteiger partial charge in [0.15, 0.2) is 28.4 Å². The molecule has 5 aromatic carbocycles. The number of anilines is 5. The van der Waals surface area contributed by atoms with Crippen LogP contribution in [0.3, 0.4) is 0 Å². The predicted octanol–water partition coefficient (Wildman–Crippen LogP) is 7.65. The maximum Gasteiger partial charge on any atom is 0.288 e. The Morgan fingerprint density at radius 1 is 0.712 bits per heavy atom. The molecule has 0 fully saturated rings. The first-order valence-corrected chi connectivity index (χ1v) is 26.3. The summed E-state index contributed by atoms with van der Waals surface area (Å²) in [5.41, 5.74) is 7.29. The van der Waals surface area contributed by atoms with Gasteiger partial charge in [0.1, 0.15) is 13.2 Å². The fourth-order valence-corrected chi connectivity index (χ4v) is 11.2. The highest BCUT2D eigenvalue weighted by Gasteiger charge is 2.47. The minimum Gasteiger partial charge on any atom is -0.493 e. The minimum atomic E-state index is -4.72. The molecule has 19 heteroatoms. The molecular weight excluding hydrogens is 975 g/mol. The summed E-state index contributed by atoms with van der Waals surface area (Å²) in [7, 11) is -0.0729. The molecule has 0 saturated heterocycles. The summed E-state index contributed by atoms with van der Waals surface area (Å²) in [5.74, 6) is 0.771. The Labute approximate surface area is 432 Å². The van der Waals surface area contributed by atoms with Gasteiger partial charge in [-0.25, -0.2) is 0 Å². The van der Waals surface area contributed by atoms with E-state index in [4.69, 9.17) is 45.8 Å². The number of nitrogens with zero attached hydrogens (tertiary/aromatic N) is 3. The third-order valence-electron chi connectivity index (χ3n) is 13.4. The first-order valence-electron chi connectivity index (χ1n) is 24.4. The Hall–Kier alpha value is -6.22. The van der Waals surface area contributed by atoms with Crippen LogP contribution in [0.4, 0.5) is 28.4 Å². The molecule has 3 atom stereocenters. The molecule has 17 nitrogen and oxygen atoms in total.